The molecule has 1 aromatic carbocycles. The lowest BCUT2D eigenvalue weighted by atomic mass is 9.65. The van der Waals surface area contributed by atoms with Crippen LogP contribution >= 0.6 is 0 Å². The molecule has 0 atom stereocenters. The summed E-state index contributed by atoms with van der Waals surface area (Å²) in [6, 6.07) is 6.29. The fourth-order valence-electron chi connectivity index (χ4n) is 6.22. The van der Waals surface area contributed by atoms with E-state index in [1.165, 1.54) is 89.0 Å². The lowest BCUT2D eigenvalue weighted by Crippen LogP contribution is -2.24. The maximum atomic E-state index is 14.9. The fraction of sp³-hybridized carbons (Fsp3) is 0.750. The Labute approximate surface area is 160 Å². The highest BCUT2D eigenvalue weighted by Crippen LogP contribution is 2.45. The lowest BCUT2D eigenvalue weighted by Gasteiger charge is -2.37. The molecule has 142 valence electrons. The van der Waals surface area contributed by atoms with Gasteiger partial charge in [0.25, 0.3) is 0 Å². The number of halogens is 1. The van der Waals surface area contributed by atoms with Gasteiger partial charge in [-0.3, -0.25) is 0 Å². The summed E-state index contributed by atoms with van der Waals surface area (Å²) >= 11 is 0. The zero-order valence-corrected chi connectivity index (χ0v) is 16.7. The van der Waals surface area contributed by atoms with Crippen molar-refractivity contribution < 1.29 is 4.39 Å². The topological polar surface area (TPSA) is 0 Å². The summed E-state index contributed by atoms with van der Waals surface area (Å²) in [4.78, 5) is 0. The van der Waals surface area contributed by atoms with Crippen molar-refractivity contribution in [2.45, 2.75) is 101 Å². The Kier molecular flexibility index (Phi) is 6.06. The predicted octanol–water partition coefficient (Wildman–Crippen LogP) is 6.76. The van der Waals surface area contributed by atoms with Gasteiger partial charge in [0.05, 0.1) is 0 Å². The number of hydrogen-bond acceptors (Lipinski definition) is 0. The van der Waals surface area contributed by atoms with E-state index in [1.807, 2.05) is 6.07 Å². The summed E-state index contributed by atoms with van der Waals surface area (Å²) in [6.45, 7) is 0. The van der Waals surface area contributed by atoms with Crippen LogP contribution in [-0.2, 0) is 0 Å². The molecule has 3 aliphatic rings. The van der Waals surface area contributed by atoms with Gasteiger partial charge in [0.15, 0.2) is 0 Å². The Bertz CT molecular complexity index is 576. The van der Waals surface area contributed by atoms with Crippen molar-refractivity contribution in [1.29, 1.82) is 0 Å². The molecule has 26 heavy (non-hydrogen) atoms. The quantitative estimate of drug-likeness (QED) is 0.526. The molecule has 0 N–H and O–H groups in total. The summed E-state index contributed by atoms with van der Waals surface area (Å²) in [5.74, 6) is 3.99. The normalized spacial score (nSPS) is 33.9. The standard InChI is InChI=1S/C24H36BF/c25-22-13-10-19(11-14-22)18-6-8-20(9-7-18)23-15-12-21(16-24(23)26)17-4-2-1-3-5-17/h12,15-20,22H,1-11,13-14,25H2. The molecule has 0 aromatic heterocycles. The van der Waals surface area contributed by atoms with Crippen molar-refractivity contribution in [3.8, 4) is 0 Å². The van der Waals surface area contributed by atoms with Gasteiger partial charge in [-0.1, -0.05) is 62.9 Å². The Hall–Kier alpha value is -0.785. The van der Waals surface area contributed by atoms with Crippen LogP contribution in [0.2, 0.25) is 5.82 Å². The summed E-state index contributed by atoms with van der Waals surface area (Å²) in [7, 11) is 2.41. The molecule has 2 heteroatoms. The first-order chi connectivity index (χ1) is 12.7. The van der Waals surface area contributed by atoms with E-state index < -0.39 is 0 Å². The van der Waals surface area contributed by atoms with Crippen molar-refractivity contribution in [2.75, 3.05) is 0 Å². The second kappa shape index (κ2) is 8.49. The van der Waals surface area contributed by atoms with Crippen LogP contribution < -0.4 is 0 Å². The Morgan fingerprint density at radius 1 is 0.692 bits per heavy atom. The first-order valence-electron chi connectivity index (χ1n) is 11.5. The van der Waals surface area contributed by atoms with Crippen LogP contribution in [0.5, 0.6) is 0 Å². The van der Waals surface area contributed by atoms with Gasteiger partial charge in [-0.2, -0.15) is 0 Å². The molecule has 0 saturated heterocycles. The van der Waals surface area contributed by atoms with Crippen LogP contribution in [0.1, 0.15) is 106 Å². The van der Waals surface area contributed by atoms with Crippen molar-refractivity contribution in [1.82, 2.24) is 0 Å². The van der Waals surface area contributed by atoms with Gasteiger partial charge in [0.2, 0.25) is 0 Å². The average Bonchev–Trinajstić information content (AvgIpc) is 2.69. The van der Waals surface area contributed by atoms with Crippen LogP contribution in [0.4, 0.5) is 4.39 Å². The van der Waals surface area contributed by atoms with E-state index in [0.717, 1.165) is 23.2 Å². The minimum absolute atomic E-state index is 0.0861. The molecule has 0 amide bonds. The van der Waals surface area contributed by atoms with Crippen molar-refractivity contribution in [2.24, 2.45) is 11.8 Å². The van der Waals surface area contributed by atoms with Crippen LogP contribution in [0, 0.1) is 17.7 Å². The first kappa shape index (κ1) is 18.6. The highest BCUT2D eigenvalue weighted by Gasteiger charge is 2.31. The molecule has 4 rings (SSSR count). The Balaban J connectivity index is 1.35. The third kappa shape index (κ3) is 4.20. The van der Waals surface area contributed by atoms with Crippen molar-refractivity contribution in [3.63, 3.8) is 0 Å². The highest BCUT2D eigenvalue weighted by atomic mass is 19.1. The van der Waals surface area contributed by atoms with Crippen LogP contribution in [0.15, 0.2) is 18.2 Å². The minimum Gasteiger partial charge on any atom is -0.207 e. The molecule has 0 spiro atoms. The molecule has 0 nitrogen and oxygen atoms in total. The highest BCUT2D eigenvalue weighted by molar-refractivity contribution is 6.11. The monoisotopic (exact) mass is 354 g/mol. The molecule has 0 unspecified atom stereocenters. The molecular formula is C24H36BF. The summed E-state index contributed by atoms with van der Waals surface area (Å²) in [5, 5.41) is 0. The molecule has 0 bridgehead atoms. The lowest BCUT2D eigenvalue weighted by molar-refractivity contribution is 0.185. The van der Waals surface area contributed by atoms with E-state index in [0.29, 0.717) is 11.8 Å². The second-order valence-corrected chi connectivity index (χ2v) is 9.75. The van der Waals surface area contributed by atoms with Crippen LogP contribution in [0.25, 0.3) is 0 Å². The second-order valence-electron chi connectivity index (χ2n) is 9.75. The largest absolute Gasteiger partial charge is 0.207 e. The maximum Gasteiger partial charge on any atom is 0.126 e. The molecule has 0 heterocycles. The Morgan fingerprint density at radius 2 is 1.31 bits per heavy atom. The van der Waals surface area contributed by atoms with E-state index in [1.54, 1.807) is 0 Å². The summed E-state index contributed by atoms with van der Waals surface area (Å²) < 4.78 is 14.9. The van der Waals surface area contributed by atoms with Gasteiger partial charge < -0.3 is 0 Å². The van der Waals surface area contributed by atoms with E-state index >= 15 is 0 Å². The molecule has 3 fully saturated rings. The Morgan fingerprint density at radius 3 is 1.92 bits per heavy atom. The van der Waals surface area contributed by atoms with Crippen LogP contribution in [0.3, 0.4) is 0 Å². The third-order valence-corrected chi connectivity index (χ3v) is 8.04. The zero-order valence-electron chi connectivity index (χ0n) is 16.7. The molecule has 1 aromatic rings. The number of hydrogen-bond donors (Lipinski definition) is 0. The summed E-state index contributed by atoms with van der Waals surface area (Å²) in [5.41, 5.74) is 2.27. The van der Waals surface area contributed by atoms with Gasteiger partial charge in [0, 0.05) is 0 Å². The molecule has 0 radical (unpaired) electrons. The molecule has 3 saturated carbocycles. The number of benzene rings is 1. The van der Waals surface area contributed by atoms with Gasteiger partial charge in [-0.25, -0.2) is 4.39 Å². The maximum absolute atomic E-state index is 14.9. The minimum atomic E-state index is 0.0861. The average molecular weight is 354 g/mol. The van der Waals surface area contributed by atoms with Crippen molar-refractivity contribution >= 4 is 7.85 Å². The molecular weight excluding hydrogens is 318 g/mol. The first-order valence-corrected chi connectivity index (χ1v) is 11.5. The summed E-state index contributed by atoms with van der Waals surface area (Å²) in [6.07, 6.45) is 17.3. The van der Waals surface area contributed by atoms with Crippen molar-refractivity contribution in [3.05, 3.63) is 35.1 Å². The zero-order chi connectivity index (χ0) is 17.9. The molecule has 3 aliphatic carbocycles. The van der Waals surface area contributed by atoms with Gasteiger partial charge in [-0.15, -0.1) is 0 Å². The SMILES string of the molecule is BC1CCC(C2CCC(c3ccc(C4CCCCC4)cc3F)CC2)CC1. The van der Waals surface area contributed by atoms with Gasteiger partial charge >= 0.3 is 0 Å². The number of rotatable bonds is 3. The van der Waals surface area contributed by atoms with E-state index in [9.17, 15) is 4.39 Å². The van der Waals surface area contributed by atoms with Gasteiger partial charge in [0.1, 0.15) is 13.7 Å². The fourth-order valence-corrected chi connectivity index (χ4v) is 6.22. The van der Waals surface area contributed by atoms with Crippen LogP contribution in [-0.4, -0.2) is 7.85 Å². The van der Waals surface area contributed by atoms with Gasteiger partial charge in [-0.05, 0) is 79.4 Å². The molecule has 0 aliphatic heterocycles. The van der Waals surface area contributed by atoms with E-state index in [4.69, 9.17) is 0 Å². The third-order valence-electron chi connectivity index (χ3n) is 8.04. The van der Waals surface area contributed by atoms with E-state index in [-0.39, 0.29) is 5.82 Å². The van der Waals surface area contributed by atoms with E-state index in [2.05, 4.69) is 20.0 Å². The predicted molar refractivity (Wildman–Crippen MR) is 111 cm³/mol. The smallest absolute Gasteiger partial charge is 0.126 e.